The molecule has 1 unspecified atom stereocenters. The van der Waals surface area contributed by atoms with Gasteiger partial charge in [-0.25, -0.2) is 0 Å². The summed E-state index contributed by atoms with van der Waals surface area (Å²) in [5, 5.41) is 0. The third-order valence-corrected chi connectivity index (χ3v) is 4.87. The zero-order chi connectivity index (χ0) is 15.9. The largest absolute Gasteiger partial charge is 0.265 e. The predicted octanol–water partition coefficient (Wildman–Crippen LogP) is 5.87. The molecule has 2 aromatic rings. The van der Waals surface area contributed by atoms with Crippen LogP contribution in [0.4, 0.5) is 0 Å². The quantitative estimate of drug-likeness (QED) is 0.690. The van der Waals surface area contributed by atoms with Gasteiger partial charge < -0.3 is 0 Å². The molecule has 1 fully saturated rings. The SMILES string of the molecule is Cc1cc(-c2ccncc2)c(C(C)(C)C)c(C(C)C2CC2)c1. The molecule has 22 heavy (non-hydrogen) atoms. The molecule has 0 spiro atoms. The Morgan fingerprint density at radius 1 is 1.09 bits per heavy atom. The molecule has 1 heteroatoms. The molecule has 3 rings (SSSR count). The van der Waals surface area contributed by atoms with E-state index < -0.39 is 0 Å². The van der Waals surface area contributed by atoms with Crippen molar-refractivity contribution in [3.05, 3.63) is 53.3 Å². The summed E-state index contributed by atoms with van der Waals surface area (Å²) in [6, 6.07) is 9.04. The van der Waals surface area contributed by atoms with E-state index >= 15 is 0 Å². The summed E-state index contributed by atoms with van der Waals surface area (Å²) < 4.78 is 0. The third-order valence-electron chi connectivity index (χ3n) is 4.87. The molecule has 0 radical (unpaired) electrons. The van der Waals surface area contributed by atoms with Crippen LogP contribution in [0.25, 0.3) is 11.1 Å². The van der Waals surface area contributed by atoms with E-state index in [1.807, 2.05) is 12.4 Å². The molecule has 1 heterocycles. The molecule has 1 saturated carbocycles. The van der Waals surface area contributed by atoms with Crippen molar-refractivity contribution in [2.45, 2.75) is 58.8 Å². The van der Waals surface area contributed by atoms with Gasteiger partial charge in [-0.3, -0.25) is 4.98 Å². The number of benzene rings is 1. The summed E-state index contributed by atoms with van der Waals surface area (Å²) in [4.78, 5) is 4.18. The lowest BCUT2D eigenvalue weighted by molar-refractivity contribution is 0.562. The smallest absolute Gasteiger partial charge is 0.0273 e. The number of aromatic nitrogens is 1. The van der Waals surface area contributed by atoms with Gasteiger partial charge in [0, 0.05) is 12.4 Å². The summed E-state index contributed by atoms with van der Waals surface area (Å²) >= 11 is 0. The molecule has 1 nitrogen and oxygen atoms in total. The van der Waals surface area contributed by atoms with Crippen LogP contribution in [0.2, 0.25) is 0 Å². The molecule has 1 atom stereocenters. The molecular formula is C21H27N. The Morgan fingerprint density at radius 2 is 1.73 bits per heavy atom. The zero-order valence-electron chi connectivity index (χ0n) is 14.5. The fourth-order valence-corrected chi connectivity index (χ4v) is 3.62. The maximum atomic E-state index is 4.18. The Hall–Kier alpha value is -1.63. The Morgan fingerprint density at radius 3 is 2.27 bits per heavy atom. The van der Waals surface area contributed by atoms with E-state index in [1.54, 1.807) is 5.56 Å². The van der Waals surface area contributed by atoms with Crippen LogP contribution < -0.4 is 0 Å². The van der Waals surface area contributed by atoms with Crippen LogP contribution in [0.5, 0.6) is 0 Å². The van der Waals surface area contributed by atoms with Crippen molar-refractivity contribution in [1.29, 1.82) is 0 Å². The van der Waals surface area contributed by atoms with Crippen molar-refractivity contribution in [3.8, 4) is 11.1 Å². The monoisotopic (exact) mass is 293 g/mol. The second-order valence-electron chi connectivity index (χ2n) is 7.89. The van der Waals surface area contributed by atoms with Gasteiger partial charge in [0.1, 0.15) is 0 Å². The molecule has 1 aliphatic carbocycles. The number of rotatable bonds is 3. The van der Waals surface area contributed by atoms with Crippen molar-refractivity contribution < 1.29 is 0 Å². The summed E-state index contributed by atoms with van der Waals surface area (Å²) in [5.74, 6) is 1.54. The number of hydrogen-bond acceptors (Lipinski definition) is 1. The molecule has 1 aromatic heterocycles. The standard InChI is InChI=1S/C21H27N/c1-14-12-18(15(2)16-6-7-16)20(21(3,4)5)19(13-14)17-8-10-22-11-9-17/h8-13,15-16H,6-7H2,1-5H3. The van der Waals surface area contributed by atoms with Gasteiger partial charge in [-0.15, -0.1) is 0 Å². The average molecular weight is 293 g/mol. The van der Waals surface area contributed by atoms with Gasteiger partial charge in [0.25, 0.3) is 0 Å². The van der Waals surface area contributed by atoms with Gasteiger partial charge in [-0.05, 0) is 71.4 Å². The Kier molecular flexibility index (Phi) is 3.84. The van der Waals surface area contributed by atoms with E-state index in [1.165, 1.54) is 35.1 Å². The van der Waals surface area contributed by atoms with Crippen LogP contribution >= 0.6 is 0 Å². The molecule has 1 aliphatic rings. The van der Waals surface area contributed by atoms with Crippen molar-refractivity contribution in [2.75, 3.05) is 0 Å². The third kappa shape index (κ3) is 2.95. The summed E-state index contributed by atoms with van der Waals surface area (Å²) in [6.07, 6.45) is 6.58. The fourth-order valence-electron chi connectivity index (χ4n) is 3.62. The van der Waals surface area contributed by atoms with Crippen LogP contribution in [-0.4, -0.2) is 4.98 Å². The minimum Gasteiger partial charge on any atom is -0.265 e. The normalized spacial score (nSPS) is 16.6. The molecule has 0 aliphatic heterocycles. The van der Waals surface area contributed by atoms with Crippen molar-refractivity contribution in [2.24, 2.45) is 5.92 Å². The lowest BCUT2D eigenvalue weighted by atomic mass is 9.74. The molecule has 116 valence electrons. The van der Waals surface area contributed by atoms with Gasteiger partial charge in [-0.2, -0.15) is 0 Å². The van der Waals surface area contributed by atoms with Gasteiger partial charge in [0.15, 0.2) is 0 Å². The highest BCUT2D eigenvalue weighted by molar-refractivity contribution is 5.71. The van der Waals surface area contributed by atoms with Crippen LogP contribution in [0.1, 0.15) is 63.1 Å². The first-order chi connectivity index (χ1) is 10.4. The molecule has 0 amide bonds. The highest BCUT2D eigenvalue weighted by Crippen LogP contribution is 2.47. The maximum Gasteiger partial charge on any atom is 0.0273 e. The van der Waals surface area contributed by atoms with E-state index in [4.69, 9.17) is 0 Å². The highest BCUT2D eigenvalue weighted by atomic mass is 14.6. The van der Waals surface area contributed by atoms with E-state index in [0.717, 1.165) is 5.92 Å². The van der Waals surface area contributed by atoms with Crippen LogP contribution in [0, 0.1) is 12.8 Å². The van der Waals surface area contributed by atoms with E-state index in [-0.39, 0.29) is 5.41 Å². The minimum atomic E-state index is 0.144. The predicted molar refractivity (Wildman–Crippen MR) is 94.2 cm³/mol. The van der Waals surface area contributed by atoms with Crippen LogP contribution in [-0.2, 0) is 5.41 Å². The first kappa shape index (κ1) is 15.3. The summed E-state index contributed by atoms with van der Waals surface area (Å²) in [5.41, 5.74) is 7.25. The Balaban J connectivity index is 2.24. The molecule has 0 N–H and O–H groups in total. The second-order valence-corrected chi connectivity index (χ2v) is 7.89. The van der Waals surface area contributed by atoms with Gasteiger partial charge >= 0.3 is 0 Å². The zero-order valence-corrected chi connectivity index (χ0v) is 14.5. The van der Waals surface area contributed by atoms with Gasteiger partial charge in [0.2, 0.25) is 0 Å². The van der Waals surface area contributed by atoms with E-state index in [2.05, 4.69) is 63.9 Å². The highest BCUT2D eigenvalue weighted by Gasteiger charge is 2.33. The molecular weight excluding hydrogens is 266 g/mol. The Labute approximate surface area is 134 Å². The van der Waals surface area contributed by atoms with Crippen LogP contribution in [0.3, 0.4) is 0 Å². The number of nitrogens with zero attached hydrogens (tertiary/aromatic N) is 1. The first-order valence-electron chi connectivity index (χ1n) is 8.43. The van der Waals surface area contributed by atoms with Crippen LogP contribution in [0.15, 0.2) is 36.7 Å². The maximum absolute atomic E-state index is 4.18. The van der Waals surface area contributed by atoms with Crippen molar-refractivity contribution in [3.63, 3.8) is 0 Å². The molecule has 1 aromatic carbocycles. The fraction of sp³-hybridized carbons (Fsp3) is 0.476. The topological polar surface area (TPSA) is 12.9 Å². The van der Waals surface area contributed by atoms with Gasteiger partial charge in [-0.1, -0.05) is 45.4 Å². The lowest BCUT2D eigenvalue weighted by Gasteiger charge is -2.30. The number of hydrogen-bond donors (Lipinski definition) is 0. The number of pyridine rings is 1. The van der Waals surface area contributed by atoms with Crippen molar-refractivity contribution >= 4 is 0 Å². The summed E-state index contributed by atoms with van der Waals surface area (Å²) in [7, 11) is 0. The minimum absolute atomic E-state index is 0.144. The average Bonchev–Trinajstić information content (AvgIpc) is 3.30. The van der Waals surface area contributed by atoms with Crippen molar-refractivity contribution in [1.82, 2.24) is 4.98 Å². The Bertz CT molecular complexity index is 660. The van der Waals surface area contributed by atoms with Gasteiger partial charge in [0.05, 0.1) is 0 Å². The summed E-state index contributed by atoms with van der Waals surface area (Å²) in [6.45, 7) is 11.7. The van der Waals surface area contributed by atoms with E-state index in [0.29, 0.717) is 5.92 Å². The first-order valence-corrected chi connectivity index (χ1v) is 8.43. The van der Waals surface area contributed by atoms with E-state index in [9.17, 15) is 0 Å². The molecule has 0 bridgehead atoms. The number of aryl methyl sites for hydroxylation is 1. The molecule has 0 saturated heterocycles. The lowest BCUT2D eigenvalue weighted by Crippen LogP contribution is -2.18. The second kappa shape index (κ2) is 5.53.